The van der Waals surface area contributed by atoms with E-state index in [-0.39, 0.29) is 11.3 Å². The first-order valence-corrected chi connectivity index (χ1v) is 8.21. The van der Waals surface area contributed by atoms with Gasteiger partial charge in [-0.05, 0) is 40.8 Å². The number of benzene rings is 1. The molecule has 0 aliphatic heterocycles. The predicted octanol–water partition coefficient (Wildman–Crippen LogP) is 0.774. The molecule has 0 bridgehead atoms. The van der Waals surface area contributed by atoms with E-state index in [2.05, 4.69) is 5.43 Å². The summed E-state index contributed by atoms with van der Waals surface area (Å²) in [4.78, 5) is 36.8. The lowest BCUT2D eigenvalue weighted by atomic mass is 10.3. The lowest BCUT2D eigenvalue weighted by Crippen LogP contribution is -2.49. The maximum Gasteiger partial charge on any atom is 0.330 e. The second kappa shape index (κ2) is 7.35. The van der Waals surface area contributed by atoms with Crippen molar-refractivity contribution in [1.29, 1.82) is 0 Å². The minimum absolute atomic E-state index is 0.0732. The molecule has 1 aromatic carbocycles. The van der Waals surface area contributed by atoms with Crippen LogP contribution in [0.4, 0.5) is 10.1 Å². The summed E-state index contributed by atoms with van der Waals surface area (Å²) in [7, 11) is 5.84. The van der Waals surface area contributed by atoms with Crippen LogP contribution in [0.3, 0.4) is 0 Å². The zero-order valence-corrected chi connectivity index (χ0v) is 16.2. The predicted molar refractivity (Wildman–Crippen MR) is 99.5 cm³/mol. The van der Waals surface area contributed by atoms with Crippen molar-refractivity contribution in [3.05, 3.63) is 60.2 Å². The molecule has 0 atom stereocenters. The highest BCUT2D eigenvalue weighted by atomic mass is 127. The van der Waals surface area contributed by atoms with Gasteiger partial charge in [-0.15, -0.1) is 0 Å². The highest BCUT2D eigenvalue weighted by Crippen LogP contribution is 2.18. The lowest BCUT2D eigenvalue weighted by molar-refractivity contribution is 0.0330. The first-order chi connectivity index (χ1) is 11.6. The van der Waals surface area contributed by atoms with E-state index >= 15 is 0 Å². The SMILES string of the molecule is CN(C)N(Nc1ccc(I)cc1F)C(=O)c1cn(C)c(=O)n(C)c1=O. The molecule has 0 fully saturated rings. The Labute approximate surface area is 156 Å². The monoisotopic (exact) mass is 461 g/mol. The Bertz CT molecular complexity index is 938. The molecule has 0 aliphatic rings. The van der Waals surface area contributed by atoms with Crippen molar-refractivity contribution >= 4 is 34.2 Å². The molecule has 1 heterocycles. The Kier molecular flexibility index (Phi) is 5.62. The first-order valence-electron chi connectivity index (χ1n) is 7.13. The fraction of sp³-hybridized carbons (Fsp3) is 0.267. The maximum atomic E-state index is 14.1. The number of hydrogen-bond donors (Lipinski definition) is 1. The van der Waals surface area contributed by atoms with Crippen LogP contribution in [0, 0.1) is 9.39 Å². The number of anilines is 1. The van der Waals surface area contributed by atoms with Crippen molar-refractivity contribution in [3.63, 3.8) is 0 Å². The Morgan fingerprint density at radius 3 is 2.44 bits per heavy atom. The summed E-state index contributed by atoms with van der Waals surface area (Å²) >= 11 is 1.97. The maximum absolute atomic E-state index is 14.1. The van der Waals surface area contributed by atoms with Crippen molar-refractivity contribution in [2.24, 2.45) is 14.1 Å². The van der Waals surface area contributed by atoms with Gasteiger partial charge in [-0.2, -0.15) is 5.12 Å². The van der Waals surface area contributed by atoms with Gasteiger partial charge in [0.2, 0.25) is 0 Å². The molecule has 134 valence electrons. The van der Waals surface area contributed by atoms with E-state index in [1.165, 1.54) is 31.2 Å². The number of hydrogen-bond acceptors (Lipinski definition) is 5. The first kappa shape index (κ1) is 19.1. The van der Waals surface area contributed by atoms with Crippen molar-refractivity contribution < 1.29 is 9.18 Å². The summed E-state index contributed by atoms with van der Waals surface area (Å²) in [6.45, 7) is 0. The van der Waals surface area contributed by atoms with Gasteiger partial charge in [0.25, 0.3) is 11.5 Å². The van der Waals surface area contributed by atoms with Crippen LogP contribution in [0.2, 0.25) is 0 Å². The Balaban J connectivity index is 2.46. The molecule has 0 radical (unpaired) electrons. The van der Waals surface area contributed by atoms with Gasteiger partial charge in [0.15, 0.2) is 0 Å². The molecule has 25 heavy (non-hydrogen) atoms. The Morgan fingerprint density at radius 2 is 1.88 bits per heavy atom. The number of aromatic nitrogens is 2. The van der Waals surface area contributed by atoms with Crippen molar-refractivity contribution in [2.75, 3.05) is 19.5 Å². The van der Waals surface area contributed by atoms with Gasteiger partial charge in [-0.3, -0.25) is 19.6 Å². The largest absolute Gasteiger partial charge is 0.330 e. The highest BCUT2D eigenvalue weighted by Gasteiger charge is 2.24. The number of halogens is 2. The minimum Gasteiger partial charge on any atom is -0.303 e. The standard InChI is InChI=1S/C15H17FIN5O3/c1-19(2)22(18-12-6-5-9(17)7-11(12)16)14(24)10-8-20(3)15(25)21(4)13(10)23/h5-8,18H,1-4H3. The second-order valence-electron chi connectivity index (χ2n) is 5.50. The number of hydrazine groups is 2. The molecule has 10 heteroatoms. The molecule has 0 spiro atoms. The van der Waals surface area contributed by atoms with Crippen LogP contribution in [0.1, 0.15) is 10.4 Å². The van der Waals surface area contributed by atoms with E-state index in [1.54, 1.807) is 20.2 Å². The zero-order chi connectivity index (χ0) is 18.9. The molecule has 2 aromatic rings. The summed E-state index contributed by atoms with van der Waals surface area (Å²) in [5, 5.41) is 2.36. The number of nitrogens with zero attached hydrogens (tertiary/aromatic N) is 4. The topological polar surface area (TPSA) is 79.6 Å². The summed E-state index contributed by atoms with van der Waals surface area (Å²) in [6.07, 6.45) is 1.16. The normalized spacial score (nSPS) is 10.8. The molecule has 0 unspecified atom stereocenters. The number of carbonyl (C=O) groups excluding carboxylic acids is 1. The number of rotatable bonds is 4. The number of nitrogens with one attached hydrogen (secondary N) is 1. The van der Waals surface area contributed by atoms with Gasteiger partial charge in [0, 0.05) is 38.0 Å². The zero-order valence-electron chi connectivity index (χ0n) is 14.1. The molecule has 1 aromatic heterocycles. The van der Waals surface area contributed by atoms with Crippen LogP contribution in [-0.2, 0) is 14.1 Å². The van der Waals surface area contributed by atoms with Crippen LogP contribution in [-0.4, -0.2) is 39.3 Å². The lowest BCUT2D eigenvalue weighted by Gasteiger charge is -2.29. The number of aryl methyl sites for hydroxylation is 1. The Hall–Kier alpha value is -2.21. The molecule has 1 N–H and O–H groups in total. The molecule has 0 aliphatic carbocycles. The van der Waals surface area contributed by atoms with Crippen molar-refractivity contribution in [1.82, 2.24) is 19.3 Å². The van der Waals surface area contributed by atoms with Gasteiger partial charge in [-0.25, -0.2) is 14.2 Å². The van der Waals surface area contributed by atoms with Crippen molar-refractivity contribution in [2.45, 2.75) is 0 Å². The van der Waals surface area contributed by atoms with Crippen LogP contribution in [0.5, 0.6) is 0 Å². The average molecular weight is 461 g/mol. The highest BCUT2D eigenvalue weighted by molar-refractivity contribution is 14.1. The van der Waals surface area contributed by atoms with Crippen LogP contribution in [0.25, 0.3) is 0 Å². The Morgan fingerprint density at radius 1 is 1.24 bits per heavy atom. The molecule has 8 nitrogen and oxygen atoms in total. The number of amides is 1. The second-order valence-corrected chi connectivity index (χ2v) is 6.75. The van der Waals surface area contributed by atoms with E-state index in [0.29, 0.717) is 3.57 Å². The third-order valence-corrected chi connectivity index (χ3v) is 4.10. The van der Waals surface area contributed by atoms with Gasteiger partial charge in [0.1, 0.15) is 11.4 Å². The van der Waals surface area contributed by atoms with Gasteiger partial charge >= 0.3 is 5.69 Å². The summed E-state index contributed by atoms with van der Waals surface area (Å²) in [5.41, 5.74) is 1.22. The molecular formula is C15H17FIN5O3. The van der Waals surface area contributed by atoms with Crippen molar-refractivity contribution in [3.8, 4) is 0 Å². The third-order valence-electron chi connectivity index (χ3n) is 3.43. The van der Waals surface area contributed by atoms with Gasteiger partial charge in [0.05, 0.1) is 5.69 Å². The molecule has 1 amide bonds. The quantitative estimate of drug-likeness (QED) is 0.538. The molecular weight excluding hydrogens is 444 g/mol. The summed E-state index contributed by atoms with van der Waals surface area (Å²) < 4.78 is 16.7. The van der Waals surface area contributed by atoms with Gasteiger partial charge < -0.3 is 4.57 Å². The molecule has 0 saturated heterocycles. The molecule has 2 rings (SSSR count). The molecule has 0 saturated carbocycles. The summed E-state index contributed by atoms with van der Waals surface area (Å²) in [6, 6.07) is 4.47. The third kappa shape index (κ3) is 3.90. The van der Waals surface area contributed by atoms with Crippen LogP contribution >= 0.6 is 22.6 Å². The fourth-order valence-corrected chi connectivity index (χ4v) is 2.55. The van der Waals surface area contributed by atoms with Gasteiger partial charge in [-0.1, -0.05) is 0 Å². The van der Waals surface area contributed by atoms with E-state index < -0.39 is 23.0 Å². The fourth-order valence-electron chi connectivity index (χ4n) is 2.10. The number of carbonyl (C=O) groups is 1. The van der Waals surface area contributed by atoms with E-state index in [4.69, 9.17) is 0 Å². The van der Waals surface area contributed by atoms with Crippen LogP contribution in [0.15, 0.2) is 34.0 Å². The average Bonchev–Trinajstić information content (AvgIpc) is 2.54. The van der Waals surface area contributed by atoms with E-state index in [1.807, 2.05) is 22.6 Å². The van der Waals surface area contributed by atoms with Crippen LogP contribution < -0.4 is 16.7 Å². The smallest absolute Gasteiger partial charge is 0.303 e. The summed E-state index contributed by atoms with van der Waals surface area (Å²) in [5.74, 6) is -1.26. The van der Waals surface area contributed by atoms with E-state index in [9.17, 15) is 18.8 Å². The van der Waals surface area contributed by atoms with E-state index in [0.717, 1.165) is 20.4 Å². The minimum atomic E-state index is -0.732.